The van der Waals surface area contributed by atoms with Gasteiger partial charge >= 0.3 is 5.97 Å². The van der Waals surface area contributed by atoms with Crippen LogP contribution in [0.3, 0.4) is 0 Å². The van der Waals surface area contributed by atoms with Crippen molar-refractivity contribution >= 4 is 28.7 Å². The van der Waals surface area contributed by atoms with E-state index in [2.05, 4.69) is 11.9 Å². The number of carboxylic acid groups (broad SMARTS) is 1. The lowest BCUT2D eigenvalue weighted by molar-refractivity contribution is -0.129. The summed E-state index contributed by atoms with van der Waals surface area (Å²) < 4.78 is 0. The minimum Gasteiger partial charge on any atom is -0.477 e. The molecule has 1 unspecified atom stereocenters. The fourth-order valence-electron chi connectivity index (χ4n) is 3.18. The van der Waals surface area contributed by atoms with Crippen LogP contribution in [0, 0.1) is 0 Å². The molecule has 0 radical (unpaired) electrons. The number of para-hydroxylation sites is 1. The fourth-order valence-corrected chi connectivity index (χ4v) is 3.18. The highest BCUT2D eigenvalue weighted by atomic mass is 16.4. The molecular formula is C17H18N2O2. The van der Waals surface area contributed by atoms with Gasteiger partial charge in [0.15, 0.2) is 0 Å². The van der Waals surface area contributed by atoms with Gasteiger partial charge in [-0.2, -0.15) is 0 Å². The molecule has 1 aromatic carbocycles. The van der Waals surface area contributed by atoms with Gasteiger partial charge < -0.3 is 5.11 Å². The summed E-state index contributed by atoms with van der Waals surface area (Å²) in [4.78, 5) is 20.8. The highest BCUT2D eigenvalue weighted by molar-refractivity contribution is 6.48. The zero-order chi connectivity index (χ0) is 15.0. The third kappa shape index (κ3) is 2.02. The van der Waals surface area contributed by atoms with Gasteiger partial charge in [-0.15, -0.1) is 0 Å². The first kappa shape index (κ1) is 13.7. The number of rotatable bonds is 4. The molecule has 1 aromatic rings. The van der Waals surface area contributed by atoms with Gasteiger partial charge in [0.1, 0.15) is 11.3 Å². The summed E-state index contributed by atoms with van der Waals surface area (Å²) in [5.74, 6) is -0.972. The van der Waals surface area contributed by atoms with Crippen molar-refractivity contribution in [3.05, 3.63) is 35.9 Å². The number of nitrogens with zero attached hydrogens (tertiary/aromatic N) is 2. The molecule has 1 N–H and O–H groups in total. The van der Waals surface area contributed by atoms with Crippen LogP contribution in [0.2, 0.25) is 0 Å². The molecule has 2 aliphatic heterocycles. The topological polar surface area (TPSA) is 62.0 Å². The summed E-state index contributed by atoms with van der Waals surface area (Å²) in [6.07, 6.45) is 4.16. The van der Waals surface area contributed by atoms with Gasteiger partial charge in [0.2, 0.25) is 0 Å². The number of hydrogen-bond donors (Lipinski definition) is 1. The average Bonchev–Trinajstić information content (AvgIpc) is 2.87. The van der Waals surface area contributed by atoms with E-state index in [0.29, 0.717) is 0 Å². The monoisotopic (exact) mass is 282 g/mol. The predicted octanol–water partition coefficient (Wildman–Crippen LogP) is 3.64. The summed E-state index contributed by atoms with van der Waals surface area (Å²) in [6.45, 7) is 4.14. The molecule has 4 heteroatoms. The van der Waals surface area contributed by atoms with Crippen LogP contribution < -0.4 is 0 Å². The van der Waals surface area contributed by atoms with Crippen LogP contribution in [0.1, 0.15) is 38.7 Å². The van der Waals surface area contributed by atoms with Gasteiger partial charge in [-0.25, -0.2) is 9.79 Å². The van der Waals surface area contributed by atoms with Crippen molar-refractivity contribution in [1.82, 2.24) is 0 Å². The summed E-state index contributed by atoms with van der Waals surface area (Å²) in [5, 5.41) is 9.39. The van der Waals surface area contributed by atoms with Gasteiger partial charge in [0, 0.05) is 11.1 Å². The minimum absolute atomic E-state index is 0.135. The van der Waals surface area contributed by atoms with Gasteiger partial charge in [-0.3, -0.25) is 4.99 Å². The third-order valence-corrected chi connectivity index (χ3v) is 4.21. The first-order valence-corrected chi connectivity index (χ1v) is 7.35. The Hall–Kier alpha value is -2.23. The zero-order valence-electron chi connectivity index (χ0n) is 12.3. The molecule has 0 aliphatic carbocycles. The zero-order valence-corrected chi connectivity index (χ0v) is 12.3. The summed E-state index contributed by atoms with van der Waals surface area (Å²) in [6, 6.07) is 7.87. The van der Waals surface area contributed by atoms with E-state index >= 15 is 0 Å². The number of benzene rings is 1. The summed E-state index contributed by atoms with van der Waals surface area (Å²) in [7, 11) is 0. The largest absolute Gasteiger partial charge is 0.477 e. The maximum absolute atomic E-state index is 11.4. The van der Waals surface area contributed by atoms with Crippen molar-refractivity contribution in [2.45, 2.75) is 38.6 Å². The van der Waals surface area contributed by atoms with E-state index in [9.17, 15) is 9.90 Å². The maximum Gasteiger partial charge on any atom is 0.354 e. The molecule has 0 spiro atoms. The van der Waals surface area contributed by atoms with E-state index in [4.69, 9.17) is 4.99 Å². The first-order valence-electron chi connectivity index (χ1n) is 7.35. The van der Waals surface area contributed by atoms with E-state index in [1.165, 1.54) is 0 Å². The molecular weight excluding hydrogens is 264 g/mol. The third-order valence-electron chi connectivity index (χ3n) is 4.21. The molecule has 4 nitrogen and oxygen atoms in total. The normalized spacial score (nSPS) is 22.9. The number of aliphatic imine (C=N–C) groups is 2. The van der Waals surface area contributed by atoms with E-state index < -0.39 is 11.5 Å². The molecule has 0 amide bonds. The molecule has 2 heterocycles. The number of carboxylic acids is 1. The van der Waals surface area contributed by atoms with Gasteiger partial charge in [0.25, 0.3) is 0 Å². The van der Waals surface area contributed by atoms with E-state index in [0.717, 1.165) is 41.8 Å². The fraction of sp³-hybridized carbons (Fsp3) is 0.353. The Bertz CT molecular complexity index is 700. The Morgan fingerprint density at radius 2 is 2.05 bits per heavy atom. The van der Waals surface area contributed by atoms with E-state index in [-0.39, 0.29) is 5.71 Å². The predicted molar refractivity (Wildman–Crippen MR) is 84.5 cm³/mol. The summed E-state index contributed by atoms with van der Waals surface area (Å²) in [5.41, 5.74) is 3.40. The van der Waals surface area contributed by atoms with Crippen molar-refractivity contribution in [3.63, 3.8) is 0 Å². The molecule has 21 heavy (non-hydrogen) atoms. The van der Waals surface area contributed by atoms with Crippen molar-refractivity contribution in [1.29, 1.82) is 0 Å². The Morgan fingerprint density at radius 1 is 1.29 bits per heavy atom. The highest BCUT2D eigenvalue weighted by Gasteiger charge is 2.42. The molecule has 0 saturated heterocycles. The average molecular weight is 282 g/mol. The Kier molecular flexibility index (Phi) is 3.24. The van der Waals surface area contributed by atoms with Crippen LogP contribution in [0.5, 0.6) is 0 Å². The Balaban J connectivity index is 2.22. The molecule has 1 atom stereocenters. The molecule has 0 bridgehead atoms. The number of aliphatic carboxylic acids is 1. The van der Waals surface area contributed by atoms with Crippen molar-refractivity contribution < 1.29 is 9.90 Å². The van der Waals surface area contributed by atoms with Crippen LogP contribution in [-0.2, 0) is 4.79 Å². The van der Waals surface area contributed by atoms with Crippen molar-refractivity contribution in [2.24, 2.45) is 9.98 Å². The lowest BCUT2D eigenvalue weighted by Crippen LogP contribution is -2.40. The van der Waals surface area contributed by atoms with Crippen LogP contribution in [-0.4, -0.2) is 28.0 Å². The quantitative estimate of drug-likeness (QED) is 0.916. The molecule has 3 rings (SSSR count). The molecule has 0 saturated carbocycles. The standard InChI is InChI=1S/C17H18N2O2/c1-3-9-17(4-2)15-12(10-14(19-17)16(20)21)11-7-5-6-8-13(11)18-15/h5-8,10H,3-4,9H2,1-2H3,(H,20,21). The van der Waals surface area contributed by atoms with Crippen molar-refractivity contribution in [2.75, 3.05) is 0 Å². The Labute approximate surface area is 123 Å². The highest BCUT2D eigenvalue weighted by Crippen LogP contribution is 2.43. The SMILES string of the molecule is CCCC1(CC)N=C(C(=O)O)C=C2C1=Nc1ccccc12. The minimum atomic E-state index is -0.972. The van der Waals surface area contributed by atoms with Crippen LogP contribution >= 0.6 is 0 Å². The molecule has 108 valence electrons. The van der Waals surface area contributed by atoms with Crippen LogP contribution in [0.25, 0.3) is 5.57 Å². The molecule has 0 aromatic heterocycles. The number of dihydropyridines is 1. The van der Waals surface area contributed by atoms with Gasteiger partial charge in [0.05, 0.1) is 11.4 Å². The number of fused-ring (bicyclic) bond motifs is 3. The lowest BCUT2D eigenvalue weighted by Gasteiger charge is -2.32. The number of carbonyl (C=O) groups is 1. The smallest absolute Gasteiger partial charge is 0.354 e. The molecule has 0 fully saturated rings. The van der Waals surface area contributed by atoms with E-state index in [1.807, 2.05) is 31.2 Å². The second-order valence-electron chi connectivity index (χ2n) is 5.47. The maximum atomic E-state index is 11.4. The van der Waals surface area contributed by atoms with E-state index in [1.54, 1.807) is 6.08 Å². The summed E-state index contributed by atoms with van der Waals surface area (Å²) >= 11 is 0. The van der Waals surface area contributed by atoms with Gasteiger partial charge in [-0.05, 0) is 25.0 Å². The molecule has 2 aliphatic rings. The lowest BCUT2D eigenvalue weighted by atomic mass is 9.79. The van der Waals surface area contributed by atoms with Crippen LogP contribution in [0.15, 0.2) is 40.3 Å². The van der Waals surface area contributed by atoms with Gasteiger partial charge in [-0.1, -0.05) is 38.5 Å². The second-order valence-corrected chi connectivity index (χ2v) is 5.47. The van der Waals surface area contributed by atoms with Crippen LogP contribution in [0.4, 0.5) is 5.69 Å². The number of hydrogen-bond acceptors (Lipinski definition) is 3. The first-order chi connectivity index (χ1) is 10.1. The Morgan fingerprint density at radius 3 is 2.71 bits per heavy atom. The van der Waals surface area contributed by atoms with Crippen molar-refractivity contribution in [3.8, 4) is 0 Å². The second kappa shape index (κ2) is 4.95.